The molecular weight excluding hydrogens is 402 g/mol. The van der Waals surface area contributed by atoms with Gasteiger partial charge in [0, 0.05) is 30.9 Å². The van der Waals surface area contributed by atoms with Gasteiger partial charge in [-0.1, -0.05) is 24.1 Å². The zero-order chi connectivity index (χ0) is 22.3. The number of hydrogen-bond donors (Lipinski definition) is 0. The third kappa shape index (κ3) is 5.68. The molecular formula is C26H33N3O3. The van der Waals surface area contributed by atoms with Crippen LogP contribution >= 0.6 is 0 Å². The molecule has 2 aliphatic heterocycles. The molecule has 2 aromatic rings. The van der Waals surface area contributed by atoms with Crippen molar-refractivity contribution < 1.29 is 14.3 Å². The van der Waals surface area contributed by atoms with Crippen molar-refractivity contribution in [2.75, 3.05) is 50.8 Å². The standard InChI is InChI=1S/C26H33N3O3/c1-21-6-8-22(9-7-21)26(31)28-17-18-29(25(30)20-28)23-10-12-24(13-11-23)32-19-5-16-27-14-3-2-4-15-27/h6-13H,2-5,14-20H2,1H3. The van der Waals surface area contributed by atoms with Gasteiger partial charge in [0.25, 0.3) is 5.91 Å². The SMILES string of the molecule is Cc1ccc(C(=O)N2CCN(c3ccc(OCCCN4CCCCC4)cc3)C(=O)C2)cc1. The molecule has 2 aromatic carbocycles. The minimum Gasteiger partial charge on any atom is -0.494 e. The topological polar surface area (TPSA) is 53.1 Å². The molecule has 170 valence electrons. The van der Waals surface area contributed by atoms with Crippen LogP contribution in [0.15, 0.2) is 48.5 Å². The third-order valence-electron chi connectivity index (χ3n) is 6.29. The van der Waals surface area contributed by atoms with Crippen molar-refractivity contribution >= 4 is 17.5 Å². The molecule has 2 amide bonds. The minimum absolute atomic E-state index is 0.0630. The first-order valence-corrected chi connectivity index (χ1v) is 11.7. The van der Waals surface area contributed by atoms with Crippen molar-refractivity contribution in [2.45, 2.75) is 32.6 Å². The summed E-state index contributed by atoms with van der Waals surface area (Å²) in [5, 5.41) is 0. The lowest BCUT2D eigenvalue weighted by atomic mass is 10.1. The van der Waals surface area contributed by atoms with Crippen molar-refractivity contribution in [1.82, 2.24) is 9.80 Å². The number of carbonyl (C=O) groups excluding carboxylic acids is 2. The molecule has 0 aromatic heterocycles. The van der Waals surface area contributed by atoms with Crippen LogP contribution in [0.2, 0.25) is 0 Å². The van der Waals surface area contributed by atoms with Gasteiger partial charge < -0.3 is 19.4 Å². The Balaban J connectivity index is 1.25. The molecule has 0 unspecified atom stereocenters. The molecule has 2 heterocycles. The van der Waals surface area contributed by atoms with E-state index in [0.717, 1.165) is 30.0 Å². The van der Waals surface area contributed by atoms with Crippen LogP contribution in [0.25, 0.3) is 0 Å². The summed E-state index contributed by atoms with van der Waals surface area (Å²) in [5.41, 5.74) is 2.58. The maximum absolute atomic E-state index is 12.7. The fourth-order valence-corrected chi connectivity index (χ4v) is 4.38. The lowest BCUT2D eigenvalue weighted by Gasteiger charge is -2.34. The second kappa shape index (κ2) is 10.6. The van der Waals surface area contributed by atoms with E-state index in [4.69, 9.17) is 4.74 Å². The highest BCUT2D eigenvalue weighted by Crippen LogP contribution is 2.22. The molecule has 0 saturated carbocycles. The predicted molar refractivity (Wildman–Crippen MR) is 126 cm³/mol. The molecule has 0 spiro atoms. The Morgan fingerprint density at radius 3 is 2.31 bits per heavy atom. The molecule has 4 rings (SSSR count). The summed E-state index contributed by atoms with van der Waals surface area (Å²) in [6.07, 6.45) is 5.02. The number of ether oxygens (including phenoxy) is 1. The van der Waals surface area contributed by atoms with Gasteiger partial charge in [0.2, 0.25) is 5.91 Å². The third-order valence-corrected chi connectivity index (χ3v) is 6.29. The Labute approximate surface area is 190 Å². The van der Waals surface area contributed by atoms with Crippen LogP contribution in [0.4, 0.5) is 5.69 Å². The van der Waals surface area contributed by atoms with E-state index in [1.54, 1.807) is 9.80 Å². The van der Waals surface area contributed by atoms with Gasteiger partial charge in [-0.2, -0.15) is 0 Å². The first kappa shape index (κ1) is 22.3. The van der Waals surface area contributed by atoms with E-state index < -0.39 is 0 Å². The summed E-state index contributed by atoms with van der Waals surface area (Å²) in [6, 6.07) is 15.2. The zero-order valence-corrected chi connectivity index (χ0v) is 19.0. The summed E-state index contributed by atoms with van der Waals surface area (Å²) < 4.78 is 5.89. The lowest BCUT2D eigenvalue weighted by Crippen LogP contribution is -2.52. The average molecular weight is 436 g/mol. The van der Waals surface area contributed by atoms with Crippen LogP contribution in [0.5, 0.6) is 5.75 Å². The van der Waals surface area contributed by atoms with E-state index in [-0.39, 0.29) is 18.4 Å². The van der Waals surface area contributed by atoms with E-state index in [1.165, 1.54) is 32.4 Å². The molecule has 0 bridgehead atoms. The normalized spacial score (nSPS) is 17.5. The van der Waals surface area contributed by atoms with Crippen LogP contribution in [0.1, 0.15) is 41.6 Å². The second-order valence-corrected chi connectivity index (χ2v) is 8.74. The van der Waals surface area contributed by atoms with Crippen molar-refractivity contribution in [3.8, 4) is 5.75 Å². The summed E-state index contributed by atoms with van der Waals surface area (Å²) in [6.45, 7) is 7.33. The number of hydrogen-bond acceptors (Lipinski definition) is 4. The van der Waals surface area contributed by atoms with E-state index in [0.29, 0.717) is 25.3 Å². The summed E-state index contributed by atoms with van der Waals surface area (Å²) in [5.74, 6) is 0.672. The number of piperidine rings is 1. The zero-order valence-electron chi connectivity index (χ0n) is 19.0. The molecule has 0 radical (unpaired) electrons. The van der Waals surface area contributed by atoms with Gasteiger partial charge in [-0.05, 0) is 75.7 Å². The Kier molecular flexibility index (Phi) is 7.43. The van der Waals surface area contributed by atoms with Crippen LogP contribution in [0, 0.1) is 6.92 Å². The maximum Gasteiger partial charge on any atom is 0.254 e. The molecule has 32 heavy (non-hydrogen) atoms. The number of aryl methyl sites for hydroxylation is 1. The number of amides is 2. The van der Waals surface area contributed by atoms with E-state index in [1.807, 2.05) is 55.5 Å². The predicted octanol–water partition coefficient (Wildman–Crippen LogP) is 3.74. The Hall–Kier alpha value is -2.86. The average Bonchev–Trinajstić information content (AvgIpc) is 2.83. The highest BCUT2D eigenvalue weighted by Gasteiger charge is 2.28. The minimum atomic E-state index is -0.0914. The Bertz CT molecular complexity index is 905. The fourth-order valence-electron chi connectivity index (χ4n) is 4.38. The van der Waals surface area contributed by atoms with E-state index in [2.05, 4.69) is 4.90 Å². The summed E-state index contributed by atoms with van der Waals surface area (Å²) >= 11 is 0. The number of carbonyl (C=O) groups is 2. The number of anilines is 1. The lowest BCUT2D eigenvalue weighted by molar-refractivity contribution is -0.120. The van der Waals surface area contributed by atoms with Gasteiger partial charge in [-0.3, -0.25) is 9.59 Å². The molecule has 2 saturated heterocycles. The monoisotopic (exact) mass is 435 g/mol. The first-order valence-electron chi connectivity index (χ1n) is 11.7. The number of nitrogens with zero attached hydrogens (tertiary/aromatic N) is 3. The van der Waals surface area contributed by atoms with E-state index >= 15 is 0 Å². The van der Waals surface area contributed by atoms with E-state index in [9.17, 15) is 9.59 Å². The van der Waals surface area contributed by atoms with Crippen LogP contribution in [-0.4, -0.2) is 67.5 Å². The molecule has 0 aliphatic carbocycles. The van der Waals surface area contributed by atoms with Crippen molar-refractivity contribution in [3.63, 3.8) is 0 Å². The van der Waals surface area contributed by atoms with Gasteiger partial charge in [-0.25, -0.2) is 0 Å². The Morgan fingerprint density at radius 1 is 0.906 bits per heavy atom. The van der Waals surface area contributed by atoms with Crippen molar-refractivity contribution in [2.24, 2.45) is 0 Å². The van der Waals surface area contributed by atoms with Crippen LogP contribution < -0.4 is 9.64 Å². The van der Waals surface area contributed by atoms with Crippen LogP contribution in [0.3, 0.4) is 0 Å². The van der Waals surface area contributed by atoms with Gasteiger partial charge in [0.05, 0.1) is 6.61 Å². The van der Waals surface area contributed by atoms with Crippen LogP contribution in [-0.2, 0) is 4.79 Å². The van der Waals surface area contributed by atoms with Gasteiger partial charge in [0.15, 0.2) is 0 Å². The summed E-state index contributed by atoms with van der Waals surface area (Å²) in [4.78, 5) is 31.3. The van der Waals surface area contributed by atoms with Gasteiger partial charge in [-0.15, -0.1) is 0 Å². The molecule has 0 atom stereocenters. The largest absolute Gasteiger partial charge is 0.494 e. The van der Waals surface area contributed by atoms with Gasteiger partial charge in [0.1, 0.15) is 12.3 Å². The molecule has 6 heteroatoms. The van der Waals surface area contributed by atoms with Gasteiger partial charge >= 0.3 is 0 Å². The highest BCUT2D eigenvalue weighted by molar-refractivity contribution is 6.01. The molecule has 2 fully saturated rings. The van der Waals surface area contributed by atoms with Crippen molar-refractivity contribution in [1.29, 1.82) is 0 Å². The quantitative estimate of drug-likeness (QED) is 0.622. The summed E-state index contributed by atoms with van der Waals surface area (Å²) in [7, 11) is 0. The smallest absolute Gasteiger partial charge is 0.254 e. The second-order valence-electron chi connectivity index (χ2n) is 8.74. The number of piperazine rings is 1. The fraction of sp³-hybridized carbons (Fsp3) is 0.462. The molecule has 6 nitrogen and oxygen atoms in total. The highest BCUT2D eigenvalue weighted by atomic mass is 16.5. The van der Waals surface area contributed by atoms with Crippen molar-refractivity contribution in [3.05, 3.63) is 59.7 Å². The Morgan fingerprint density at radius 2 is 1.62 bits per heavy atom. The number of benzene rings is 2. The molecule has 0 N–H and O–H groups in total. The first-order chi connectivity index (χ1) is 15.6. The molecule has 2 aliphatic rings. The number of likely N-dealkylation sites (tertiary alicyclic amines) is 1. The number of rotatable bonds is 7. The maximum atomic E-state index is 12.7.